The molecule has 0 saturated carbocycles. The Labute approximate surface area is 135 Å². The van der Waals surface area contributed by atoms with Crippen LogP contribution in [0.1, 0.15) is 19.3 Å². The molecule has 0 unspecified atom stereocenters. The van der Waals surface area contributed by atoms with Gasteiger partial charge >= 0.3 is 5.97 Å². The minimum atomic E-state index is -0.757. The number of hydroxylamine groups is 2. The van der Waals surface area contributed by atoms with Crippen molar-refractivity contribution in [3.63, 3.8) is 0 Å². The molecule has 0 atom stereocenters. The van der Waals surface area contributed by atoms with E-state index in [1.54, 1.807) is 18.5 Å². The average Bonchev–Trinajstić information content (AvgIpc) is 2.86. The normalized spacial score (nSPS) is 14.0. The van der Waals surface area contributed by atoms with Gasteiger partial charge < -0.3 is 10.2 Å². The quantitative estimate of drug-likeness (QED) is 0.408. The van der Waals surface area contributed by atoms with Gasteiger partial charge in [0, 0.05) is 31.8 Å². The molecule has 3 amide bonds. The fourth-order valence-electron chi connectivity index (χ4n) is 1.65. The summed E-state index contributed by atoms with van der Waals surface area (Å²) in [5, 5.41) is 3.49. The number of nitrogens with one attached hydrogen (secondary N) is 1. The van der Waals surface area contributed by atoms with Gasteiger partial charge in [0.05, 0.1) is 12.2 Å². The maximum Gasteiger partial charge on any atom is 0.334 e. The molecule has 23 heavy (non-hydrogen) atoms. The first-order chi connectivity index (χ1) is 11.1. The number of carbonyl (C=O) groups excluding carboxylic acids is 4. The lowest BCUT2D eigenvalue weighted by Crippen LogP contribution is -2.34. The lowest BCUT2D eigenvalue weighted by Gasteiger charge is -2.12. The Bertz CT molecular complexity index is 594. The second-order valence-electron chi connectivity index (χ2n) is 4.47. The summed E-state index contributed by atoms with van der Waals surface area (Å²) in [5.41, 5.74) is 0. The summed E-state index contributed by atoms with van der Waals surface area (Å²) in [6, 6.07) is 1.67. The van der Waals surface area contributed by atoms with Crippen molar-refractivity contribution < 1.29 is 24.0 Å². The van der Waals surface area contributed by atoms with Crippen LogP contribution in [0.2, 0.25) is 0 Å². The molecule has 122 valence electrons. The van der Waals surface area contributed by atoms with E-state index < -0.39 is 17.8 Å². The molecule has 1 saturated heterocycles. The highest BCUT2D eigenvalue weighted by Crippen LogP contribution is 2.12. The molecule has 2 rings (SSSR count). The van der Waals surface area contributed by atoms with Crippen LogP contribution in [0.4, 0.5) is 0 Å². The molecule has 9 nitrogen and oxygen atoms in total. The summed E-state index contributed by atoms with van der Waals surface area (Å²) in [6.07, 6.45) is 3.09. The van der Waals surface area contributed by atoms with Crippen LogP contribution in [0.15, 0.2) is 23.6 Å². The predicted molar refractivity (Wildman–Crippen MR) is 77.6 cm³/mol. The van der Waals surface area contributed by atoms with Crippen molar-refractivity contribution in [2.24, 2.45) is 0 Å². The first-order valence-electron chi connectivity index (χ1n) is 6.79. The van der Waals surface area contributed by atoms with Crippen molar-refractivity contribution in [3.8, 4) is 0 Å². The van der Waals surface area contributed by atoms with Crippen LogP contribution >= 0.6 is 11.8 Å². The SMILES string of the molecule is O=C(CSc1ncccn1)NCCC(=O)ON1C(=O)CCC1=O. The fraction of sp³-hybridized carbons (Fsp3) is 0.385. The largest absolute Gasteiger partial charge is 0.355 e. The number of nitrogens with zero attached hydrogens (tertiary/aromatic N) is 3. The van der Waals surface area contributed by atoms with Crippen LogP contribution in [0, 0.1) is 0 Å². The Kier molecular flexibility index (Phi) is 6.03. The van der Waals surface area contributed by atoms with Crippen LogP contribution in [-0.4, -0.2) is 51.0 Å². The van der Waals surface area contributed by atoms with Gasteiger partial charge in [-0.25, -0.2) is 14.8 Å². The van der Waals surface area contributed by atoms with Gasteiger partial charge in [-0.1, -0.05) is 11.8 Å². The van der Waals surface area contributed by atoms with Crippen LogP contribution < -0.4 is 5.32 Å². The Morgan fingerprint density at radius 2 is 1.87 bits per heavy atom. The molecular weight excluding hydrogens is 324 g/mol. The monoisotopic (exact) mass is 338 g/mol. The summed E-state index contributed by atoms with van der Waals surface area (Å²) in [6.45, 7) is 0.0457. The molecule has 0 spiro atoms. The van der Waals surface area contributed by atoms with E-state index in [1.807, 2.05) is 0 Å². The maximum absolute atomic E-state index is 11.6. The lowest BCUT2D eigenvalue weighted by molar-refractivity contribution is -0.197. The Hall–Kier alpha value is -2.49. The average molecular weight is 338 g/mol. The lowest BCUT2D eigenvalue weighted by atomic mass is 10.4. The minimum Gasteiger partial charge on any atom is -0.355 e. The summed E-state index contributed by atoms with van der Waals surface area (Å²) in [4.78, 5) is 58.2. The molecular formula is C13H14N4O5S. The van der Waals surface area contributed by atoms with E-state index in [1.165, 1.54) is 11.8 Å². The van der Waals surface area contributed by atoms with E-state index in [-0.39, 0.29) is 37.5 Å². The number of carbonyl (C=O) groups is 4. The van der Waals surface area contributed by atoms with Gasteiger partial charge in [0.1, 0.15) is 0 Å². The van der Waals surface area contributed by atoms with E-state index in [0.717, 1.165) is 0 Å². The molecule has 1 N–H and O–H groups in total. The van der Waals surface area contributed by atoms with E-state index in [9.17, 15) is 19.2 Å². The highest BCUT2D eigenvalue weighted by molar-refractivity contribution is 7.99. The van der Waals surface area contributed by atoms with E-state index in [4.69, 9.17) is 0 Å². The third-order valence-electron chi connectivity index (χ3n) is 2.72. The number of hydrogen-bond acceptors (Lipinski definition) is 8. The first-order valence-corrected chi connectivity index (χ1v) is 7.78. The zero-order valence-corrected chi connectivity index (χ0v) is 12.9. The van der Waals surface area contributed by atoms with Gasteiger partial charge in [-0.15, -0.1) is 5.06 Å². The van der Waals surface area contributed by atoms with Gasteiger partial charge in [0.15, 0.2) is 5.16 Å². The molecule has 10 heteroatoms. The molecule has 2 heterocycles. The first kappa shape index (κ1) is 16.9. The number of amides is 3. The number of rotatable bonds is 7. The fourth-order valence-corrected chi connectivity index (χ4v) is 2.28. The zero-order valence-electron chi connectivity index (χ0n) is 12.1. The number of hydrogen-bond donors (Lipinski definition) is 1. The van der Waals surface area contributed by atoms with Gasteiger partial charge in [-0.3, -0.25) is 14.4 Å². The molecule has 0 aromatic carbocycles. The molecule has 1 aromatic heterocycles. The van der Waals surface area contributed by atoms with Crippen molar-refractivity contribution in [2.45, 2.75) is 24.4 Å². The minimum absolute atomic E-state index is 0.0433. The molecule has 1 aromatic rings. The number of aromatic nitrogens is 2. The van der Waals surface area contributed by atoms with Crippen LogP contribution in [0.3, 0.4) is 0 Å². The maximum atomic E-state index is 11.6. The third-order valence-corrected chi connectivity index (χ3v) is 3.60. The third kappa shape index (κ3) is 5.33. The molecule has 0 bridgehead atoms. The smallest absolute Gasteiger partial charge is 0.334 e. The molecule has 1 aliphatic heterocycles. The Morgan fingerprint density at radius 3 is 2.52 bits per heavy atom. The zero-order chi connectivity index (χ0) is 16.7. The van der Waals surface area contributed by atoms with E-state index >= 15 is 0 Å². The summed E-state index contributed by atoms with van der Waals surface area (Å²) >= 11 is 1.17. The number of thioether (sulfide) groups is 1. The highest BCUT2D eigenvalue weighted by Gasteiger charge is 2.32. The molecule has 0 radical (unpaired) electrons. The van der Waals surface area contributed by atoms with E-state index in [2.05, 4.69) is 20.1 Å². The van der Waals surface area contributed by atoms with Crippen molar-refractivity contribution in [1.82, 2.24) is 20.3 Å². The summed E-state index contributed by atoms with van der Waals surface area (Å²) in [5.74, 6) is -2.00. The van der Waals surface area contributed by atoms with Crippen molar-refractivity contribution in [2.75, 3.05) is 12.3 Å². The molecule has 1 aliphatic rings. The van der Waals surface area contributed by atoms with Gasteiger partial charge in [0.25, 0.3) is 11.8 Å². The molecule has 1 fully saturated rings. The topological polar surface area (TPSA) is 119 Å². The Morgan fingerprint density at radius 1 is 1.22 bits per heavy atom. The van der Waals surface area contributed by atoms with E-state index in [0.29, 0.717) is 10.2 Å². The standard InChI is InChI=1S/C13H14N4O5S/c18-9(8-23-13-15-5-1-6-16-13)14-7-4-12(21)22-17-10(19)2-3-11(17)20/h1,5-6H,2-4,7-8H2,(H,14,18). The van der Waals surface area contributed by atoms with Crippen LogP contribution in [0.25, 0.3) is 0 Å². The van der Waals surface area contributed by atoms with Crippen molar-refractivity contribution in [1.29, 1.82) is 0 Å². The predicted octanol–water partition coefficient (Wildman–Crippen LogP) is -0.318. The second-order valence-corrected chi connectivity index (χ2v) is 5.41. The summed E-state index contributed by atoms with van der Waals surface area (Å²) < 4.78 is 0. The van der Waals surface area contributed by atoms with Gasteiger partial charge in [-0.2, -0.15) is 0 Å². The highest BCUT2D eigenvalue weighted by atomic mass is 32.2. The van der Waals surface area contributed by atoms with Crippen LogP contribution in [-0.2, 0) is 24.0 Å². The molecule has 0 aliphatic carbocycles. The second kappa shape index (κ2) is 8.22. The summed E-state index contributed by atoms with van der Waals surface area (Å²) in [7, 11) is 0. The van der Waals surface area contributed by atoms with Crippen LogP contribution in [0.5, 0.6) is 0 Å². The van der Waals surface area contributed by atoms with Crippen molar-refractivity contribution in [3.05, 3.63) is 18.5 Å². The van der Waals surface area contributed by atoms with Crippen molar-refractivity contribution >= 4 is 35.5 Å². The Balaban J connectivity index is 1.62. The number of imide groups is 1. The van der Waals surface area contributed by atoms with Gasteiger partial charge in [0.2, 0.25) is 5.91 Å². The van der Waals surface area contributed by atoms with Gasteiger partial charge in [-0.05, 0) is 6.07 Å².